The van der Waals surface area contributed by atoms with Gasteiger partial charge in [0, 0.05) is 26.8 Å². The molecule has 0 spiro atoms. The van der Waals surface area contributed by atoms with E-state index in [0.29, 0.717) is 0 Å². The molecule has 1 aromatic carbocycles. The normalized spacial score (nSPS) is 25.2. The van der Waals surface area contributed by atoms with Gasteiger partial charge < -0.3 is 9.47 Å². The Morgan fingerprint density at radius 3 is 2.83 bits per heavy atom. The van der Waals surface area contributed by atoms with Gasteiger partial charge in [0.05, 0.1) is 18.8 Å². The van der Waals surface area contributed by atoms with Crippen molar-refractivity contribution in [3.63, 3.8) is 0 Å². The van der Waals surface area contributed by atoms with Gasteiger partial charge in [0.15, 0.2) is 0 Å². The molecule has 0 bridgehead atoms. The monoisotopic (exact) mass is 249 g/mol. The number of benzene rings is 1. The lowest BCUT2D eigenvalue weighted by Gasteiger charge is -2.45. The maximum absolute atomic E-state index is 5.70. The van der Waals surface area contributed by atoms with Crippen LogP contribution in [0.5, 0.6) is 0 Å². The van der Waals surface area contributed by atoms with Crippen LogP contribution >= 0.6 is 0 Å². The summed E-state index contributed by atoms with van der Waals surface area (Å²) in [6.45, 7) is 6.74. The zero-order chi connectivity index (χ0) is 12.8. The van der Waals surface area contributed by atoms with Gasteiger partial charge in [-0.05, 0) is 18.9 Å². The molecule has 1 aromatic rings. The standard InChI is InChI=1S/C15H23NO2/c1-15(14-7-4-3-5-8-14)13-18-12-10-16(15)9-6-11-17-2/h3-5,7-8H,6,9-13H2,1-2H3. The fraction of sp³-hybridized carbons (Fsp3) is 0.600. The van der Waals surface area contributed by atoms with Gasteiger partial charge in [-0.3, -0.25) is 4.90 Å². The lowest BCUT2D eigenvalue weighted by Crippen LogP contribution is -2.53. The highest BCUT2D eigenvalue weighted by atomic mass is 16.5. The molecule has 3 nitrogen and oxygen atoms in total. The number of nitrogens with zero attached hydrogens (tertiary/aromatic N) is 1. The summed E-state index contributed by atoms with van der Waals surface area (Å²) in [7, 11) is 1.76. The van der Waals surface area contributed by atoms with Gasteiger partial charge in [-0.25, -0.2) is 0 Å². The summed E-state index contributed by atoms with van der Waals surface area (Å²) in [5, 5.41) is 0. The third-order valence-corrected chi connectivity index (χ3v) is 3.76. The lowest BCUT2D eigenvalue weighted by molar-refractivity contribution is -0.0657. The molecule has 1 heterocycles. The first kappa shape index (κ1) is 13.5. The van der Waals surface area contributed by atoms with E-state index < -0.39 is 0 Å². The van der Waals surface area contributed by atoms with E-state index in [4.69, 9.17) is 9.47 Å². The maximum Gasteiger partial charge on any atom is 0.0690 e. The Hall–Kier alpha value is -0.900. The second kappa shape index (κ2) is 6.32. The van der Waals surface area contributed by atoms with Crippen LogP contribution in [-0.2, 0) is 15.0 Å². The van der Waals surface area contributed by atoms with Gasteiger partial charge in [0.1, 0.15) is 0 Å². The van der Waals surface area contributed by atoms with Crippen LogP contribution in [0.3, 0.4) is 0 Å². The van der Waals surface area contributed by atoms with Crippen LogP contribution in [0.1, 0.15) is 18.9 Å². The van der Waals surface area contributed by atoms with Crippen molar-refractivity contribution in [2.24, 2.45) is 0 Å². The molecule has 1 fully saturated rings. The molecule has 1 atom stereocenters. The Morgan fingerprint density at radius 1 is 1.33 bits per heavy atom. The summed E-state index contributed by atoms with van der Waals surface area (Å²) in [6.07, 6.45) is 1.07. The number of methoxy groups -OCH3 is 1. The van der Waals surface area contributed by atoms with Crippen molar-refractivity contribution >= 4 is 0 Å². The molecule has 0 saturated carbocycles. The van der Waals surface area contributed by atoms with Crippen molar-refractivity contribution in [2.45, 2.75) is 18.9 Å². The fourth-order valence-electron chi connectivity index (χ4n) is 2.61. The Kier molecular flexibility index (Phi) is 4.75. The van der Waals surface area contributed by atoms with E-state index in [1.807, 2.05) is 0 Å². The quantitative estimate of drug-likeness (QED) is 0.747. The average molecular weight is 249 g/mol. The zero-order valence-corrected chi connectivity index (χ0v) is 11.4. The largest absolute Gasteiger partial charge is 0.385 e. The van der Waals surface area contributed by atoms with E-state index in [0.717, 1.165) is 39.3 Å². The van der Waals surface area contributed by atoms with E-state index in [9.17, 15) is 0 Å². The first-order valence-electron chi connectivity index (χ1n) is 6.64. The third kappa shape index (κ3) is 2.91. The van der Waals surface area contributed by atoms with Crippen LogP contribution in [0.2, 0.25) is 0 Å². The molecule has 1 saturated heterocycles. The molecule has 0 amide bonds. The lowest BCUT2D eigenvalue weighted by atomic mass is 9.89. The van der Waals surface area contributed by atoms with Gasteiger partial charge >= 0.3 is 0 Å². The molecule has 1 unspecified atom stereocenters. The predicted octanol–water partition coefficient (Wildman–Crippen LogP) is 2.27. The minimum Gasteiger partial charge on any atom is -0.385 e. The van der Waals surface area contributed by atoms with Gasteiger partial charge in [0.2, 0.25) is 0 Å². The summed E-state index contributed by atoms with van der Waals surface area (Å²) in [4.78, 5) is 2.52. The number of hydrogen-bond acceptors (Lipinski definition) is 3. The topological polar surface area (TPSA) is 21.7 Å². The van der Waals surface area contributed by atoms with Crippen molar-refractivity contribution in [1.82, 2.24) is 4.90 Å². The van der Waals surface area contributed by atoms with Gasteiger partial charge in [-0.1, -0.05) is 30.3 Å². The van der Waals surface area contributed by atoms with Crippen LogP contribution < -0.4 is 0 Å². The summed E-state index contributed by atoms with van der Waals surface area (Å²) in [5.41, 5.74) is 1.33. The van der Waals surface area contributed by atoms with E-state index >= 15 is 0 Å². The van der Waals surface area contributed by atoms with Crippen LogP contribution in [-0.4, -0.2) is 44.9 Å². The molecular formula is C15H23NO2. The molecule has 100 valence electrons. The second-order valence-corrected chi connectivity index (χ2v) is 5.03. The van der Waals surface area contributed by atoms with Crippen LogP contribution in [0, 0.1) is 0 Å². The molecule has 1 aliphatic rings. The van der Waals surface area contributed by atoms with Crippen molar-refractivity contribution in [3.8, 4) is 0 Å². The number of ether oxygens (including phenoxy) is 2. The first-order chi connectivity index (χ1) is 8.77. The average Bonchev–Trinajstić information content (AvgIpc) is 2.42. The van der Waals surface area contributed by atoms with Crippen LogP contribution in [0.15, 0.2) is 30.3 Å². The fourth-order valence-corrected chi connectivity index (χ4v) is 2.61. The molecule has 0 radical (unpaired) electrons. The number of hydrogen-bond donors (Lipinski definition) is 0. The molecular weight excluding hydrogens is 226 g/mol. The smallest absolute Gasteiger partial charge is 0.0690 e. The maximum atomic E-state index is 5.70. The second-order valence-electron chi connectivity index (χ2n) is 5.03. The van der Waals surface area contributed by atoms with Crippen LogP contribution in [0.25, 0.3) is 0 Å². The van der Waals surface area contributed by atoms with E-state index in [2.05, 4.69) is 42.2 Å². The van der Waals surface area contributed by atoms with E-state index in [-0.39, 0.29) is 5.54 Å². The SMILES string of the molecule is COCCCN1CCOCC1(C)c1ccccc1. The summed E-state index contributed by atoms with van der Waals surface area (Å²) in [5.74, 6) is 0. The highest BCUT2D eigenvalue weighted by Gasteiger charge is 2.36. The van der Waals surface area contributed by atoms with Gasteiger partial charge in [0.25, 0.3) is 0 Å². The van der Waals surface area contributed by atoms with Crippen molar-refractivity contribution in [2.75, 3.05) is 40.0 Å². The van der Waals surface area contributed by atoms with Crippen LogP contribution in [0.4, 0.5) is 0 Å². The third-order valence-electron chi connectivity index (χ3n) is 3.76. The molecule has 0 N–H and O–H groups in total. The molecule has 2 rings (SSSR count). The molecule has 3 heteroatoms. The van der Waals surface area contributed by atoms with Crippen molar-refractivity contribution in [3.05, 3.63) is 35.9 Å². The molecule has 1 aliphatic heterocycles. The van der Waals surface area contributed by atoms with E-state index in [1.165, 1.54) is 5.56 Å². The summed E-state index contributed by atoms with van der Waals surface area (Å²) in [6, 6.07) is 10.6. The summed E-state index contributed by atoms with van der Waals surface area (Å²) >= 11 is 0. The number of morpholine rings is 1. The van der Waals surface area contributed by atoms with Crippen molar-refractivity contribution < 1.29 is 9.47 Å². The molecule has 0 aliphatic carbocycles. The highest BCUT2D eigenvalue weighted by Crippen LogP contribution is 2.31. The number of rotatable bonds is 5. The summed E-state index contributed by atoms with van der Waals surface area (Å²) < 4.78 is 10.9. The Labute approximate surface area is 110 Å². The van der Waals surface area contributed by atoms with Gasteiger partial charge in [-0.2, -0.15) is 0 Å². The Morgan fingerprint density at radius 2 is 2.11 bits per heavy atom. The van der Waals surface area contributed by atoms with Gasteiger partial charge in [-0.15, -0.1) is 0 Å². The minimum atomic E-state index is -0.00670. The predicted molar refractivity (Wildman–Crippen MR) is 72.7 cm³/mol. The van der Waals surface area contributed by atoms with Crippen molar-refractivity contribution in [1.29, 1.82) is 0 Å². The highest BCUT2D eigenvalue weighted by molar-refractivity contribution is 5.24. The molecule has 0 aromatic heterocycles. The minimum absolute atomic E-state index is 0.00670. The van der Waals surface area contributed by atoms with E-state index in [1.54, 1.807) is 7.11 Å². The zero-order valence-electron chi connectivity index (χ0n) is 11.4. The first-order valence-corrected chi connectivity index (χ1v) is 6.64. The Balaban J connectivity index is 2.11. The Bertz CT molecular complexity index is 355. The molecule has 18 heavy (non-hydrogen) atoms.